The molecule has 1 aliphatic heterocycles. The zero-order valence-electron chi connectivity index (χ0n) is 19.9. The zero-order chi connectivity index (χ0) is 26.1. The Kier molecular flexibility index (Phi) is 6.34. The molecule has 0 bridgehead atoms. The number of alkyl halides is 3. The van der Waals surface area contributed by atoms with Gasteiger partial charge in [-0.3, -0.25) is 4.57 Å². The molecule has 6 rings (SSSR count). The summed E-state index contributed by atoms with van der Waals surface area (Å²) < 4.78 is 46.2. The van der Waals surface area contributed by atoms with Crippen molar-refractivity contribution in [1.82, 2.24) is 19.5 Å². The van der Waals surface area contributed by atoms with Gasteiger partial charge < -0.3 is 20.3 Å². The minimum absolute atomic E-state index is 0.224. The summed E-state index contributed by atoms with van der Waals surface area (Å²) in [5.41, 5.74) is 3.65. The molecule has 0 amide bonds. The van der Waals surface area contributed by atoms with Crippen molar-refractivity contribution >= 4 is 51.3 Å². The fourth-order valence-corrected chi connectivity index (χ4v) is 4.84. The van der Waals surface area contributed by atoms with Crippen LogP contribution in [-0.2, 0) is 10.9 Å². The van der Waals surface area contributed by atoms with Crippen LogP contribution in [0.1, 0.15) is 5.56 Å². The summed E-state index contributed by atoms with van der Waals surface area (Å²) in [5.74, 6) is 0.694. The lowest BCUT2D eigenvalue weighted by Gasteiger charge is -2.28. The molecule has 8 nitrogen and oxygen atoms in total. The number of morpholine rings is 1. The molecule has 5 aromatic rings. The largest absolute Gasteiger partial charge is 0.416 e. The topological polar surface area (TPSA) is 80.1 Å². The fraction of sp³-hybridized carbons (Fsp3) is 0.192. The molecular weight excluding hydrogens is 515 g/mol. The molecular formula is C26H22F3N7OS. The number of imidazole rings is 1. The van der Waals surface area contributed by atoms with Gasteiger partial charge in [0, 0.05) is 35.5 Å². The summed E-state index contributed by atoms with van der Waals surface area (Å²) >= 11 is 1.55. The van der Waals surface area contributed by atoms with Crippen LogP contribution in [0.4, 0.5) is 42.0 Å². The van der Waals surface area contributed by atoms with Crippen LogP contribution in [0.15, 0.2) is 71.7 Å². The predicted molar refractivity (Wildman–Crippen MR) is 142 cm³/mol. The second kappa shape index (κ2) is 9.95. The summed E-state index contributed by atoms with van der Waals surface area (Å²) in [7, 11) is 0. The Morgan fingerprint density at radius 3 is 2.24 bits per heavy atom. The van der Waals surface area contributed by atoms with Gasteiger partial charge in [0.1, 0.15) is 6.33 Å². The molecule has 0 unspecified atom stereocenters. The smallest absolute Gasteiger partial charge is 0.378 e. The van der Waals surface area contributed by atoms with Gasteiger partial charge in [0.05, 0.1) is 24.5 Å². The molecule has 194 valence electrons. The summed E-state index contributed by atoms with van der Waals surface area (Å²) in [4.78, 5) is 16.1. The summed E-state index contributed by atoms with van der Waals surface area (Å²) in [6, 6.07) is 14.7. The van der Waals surface area contributed by atoms with Gasteiger partial charge in [0.25, 0.3) is 0 Å². The van der Waals surface area contributed by atoms with Crippen LogP contribution in [0.3, 0.4) is 0 Å². The lowest BCUT2D eigenvalue weighted by atomic mass is 10.2. The molecule has 12 heteroatoms. The normalized spacial score (nSPS) is 14.1. The van der Waals surface area contributed by atoms with E-state index in [2.05, 4.69) is 30.5 Å². The van der Waals surface area contributed by atoms with Gasteiger partial charge in [-0.1, -0.05) is 0 Å². The van der Waals surface area contributed by atoms with Crippen LogP contribution in [-0.4, -0.2) is 45.8 Å². The molecule has 1 saturated heterocycles. The van der Waals surface area contributed by atoms with E-state index < -0.39 is 11.7 Å². The first-order valence-corrected chi connectivity index (χ1v) is 12.8. The average Bonchev–Trinajstić information content (AvgIpc) is 3.60. The maximum Gasteiger partial charge on any atom is 0.416 e. The van der Waals surface area contributed by atoms with Crippen molar-refractivity contribution in [2.24, 2.45) is 0 Å². The number of hydrogen-bond acceptors (Lipinski definition) is 8. The van der Waals surface area contributed by atoms with E-state index in [9.17, 15) is 13.2 Å². The number of nitrogens with zero attached hydrogens (tertiary/aromatic N) is 5. The number of thiophene rings is 1. The van der Waals surface area contributed by atoms with Crippen molar-refractivity contribution in [3.63, 3.8) is 0 Å². The minimum Gasteiger partial charge on any atom is -0.378 e. The van der Waals surface area contributed by atoms with Crippen LogP contribution in [0.25, 0.3) is 16.9 Å². The van der Waals surface area contributed by atoms with E-state index in [-0.39, 0.29) is 5.95 Å². The first-order chi connectivity index (χ1) is 18.4. The third-order valence-electron chi connectivity index (χ3n) is 6.16. The molecule has 1 fully saturated rings. The standard InChI is InChI=1S/C26H22F3N7OS/c27-26(28,29)17-1-3-19(4-2-17)32-25-33-23(22-24(34-25)36(16-30-22)21-9-14-38-15-21)31-18-5-7-20(8-6-18)35-10-12-37-13-11-35/h1-9,14-16H,10-13H2,(H2,31,32,33,34). The van der Waals surface area contributed by atoms with Gasteiger partial charge in [0.2, 0.25) is 5.95 Å². The summed E-state index contributed by atoms with van der Waals surface area (Å²) in [6.07, 6.45) is -2.73. The zero-order valence-corrected chi connectivity index (χ0v) is 20.8. The minimum atomic E-state index is -4.41. The SMILES string of the molecule is FC(F)(F)c1ccc(Nc2nc(Nc3ccc(N4CCOCC4)cc3)c3ncn(-c4ccsc4)c3n2)cc1. The highest BCUT2D eigenvalue weighted by Crippen LogP contribution is 2.32. The van der Waals surface area contributed by atoms with Gasteiger partial charge >= 0.3 is 6.18 Å². The Morgan fingerprint density at radius 2 is 1.55 bits per heavy atom. The molecule has 4 heterocycles. The lowest BCUT2D eigenvalue weighted by molar-refractivity contribution is -0.137. The number of nitrogens with one attached hydrogen (secondary N) is 2. The fourth-order valence-electron chi connectivity index (χ4n) is 4.21. The molecule has 2 N–H and O–H groups in total. The number of anilines is 5. The highest BCUT2D eigenvalue weighted by Gasteiger charge is 2.30. The first kappa shape index (κ1) is 24.2. The lowest BCUT2D eigenvalue weighted by Crippen LogP contribution is -2.36. The molecule has 0 radical (unpaired) electrons. The van der Waals surface area contributed by atoms with E-state index in [1.165, 1.54) is 12.1 Å². The molecule has 0 spiro atoms. The Hall–Kier alpha value is -4.16. The summed E-state index contributed by atoms with van der Waals surface area (Å²) in [5, 5.41) is 10.3. The molecule has 38 heavy (non-hydrogen) atoms. The van der Waals surface area contributed by atoms with E-state index in [1.807, 2.05) is 45.7 Å². The van der Waals surface area contributed by atoms with Crippen molar-refractivity contribution in [2.75, 3.05) is 41.8 Å². The van der Waals surface area contributed by atoms with E-state index >= 15 is 0 Å². The van der Waals surface area contributed by atoms with Crippen LogP contribution in [0.5, 0.6) is 0 Å². The Balaban J connectivity index is 1.33. The number of hydrogen-bond donors (Lipinski definition) is 2. The highest BCUT2D eigenvalue weighted by molar-refractivity contribution is 7.08. The quantitative estimate of drug-likeness (QED) is 0.266. The van der Waals surface area contributed by atoms with Gasteiger partial charge in [0.15, 0.2) is 17.0 Å². The van der Waals surface area contributed by atoms with Crippen molar-refractivity contribution in [2.45, 2.75) is 6.18 Å². The summed E-state index contributed by atoms with van der Waals surface area (Å²) in [6.45, 7) is 3.11. The average molecular weight is 538 g/mol. The first-order valence-electron chi connectivity index (χ1n) is 11.9. The van der Waals surface area contributed by atoms with Crippen LogP contribution >= 0.6 is 11.3 Å². The molecule has 0 saturated carbocycles. The van der Waals surface area contributed by atoms with Crippen LogP contribution in [0.2, 0.25) is 0 Å². The van der Waals surface area contributed by atoms with Crippen molar-refractivity contribution < 1.29 is 17.9 Å². The van der Waals surface area contributed by atoms with Gasteiger partial charge in [-0.2, -0.15) is 34.5 Å². The van der Waals surface area contributed by atoms with E-state index in [1.54, 1.807) is 17.7 Å². The Bertz CT molecular complexity index is 1530. The second-order valence-corrected chi connectivity index (χ2v) is 9.42. The van der Waals surface area contributed by atoms with Gasteiger partial charge in [-0.25, -0.2) is 4.98 Å². The number of rotatable bonds is 6. The van der Waals surface area contributed by atoms with Crippen LogP contribution < -0.4 is 15.5 Å². The number of fused-ring (bicyclic) bond motifs is 1. The van der Waals surface area contributed by atoms with Crippen molar-refractivity contribution in [3.8, 4) is 5.69 Å². The molecule has 0 aliphatic carbocycles. The third-order valence-corrected chi connectivity index (χ3v) is 6.83. The molecule has 3 aromatic heterocycles. The van der Waals surface area contributed by atoms with Crippen molar-refractivity contribution in [1.29, 1.82) is 0 Å². The predicted octanol–water partition coefficient (Wildman–Crippen LogP) is 6.22. The number of ether oxygens (including phenoxy) is 1. The van der Waals surface area contributed by atoms with E-state index in [0.29, 0.717) is 35.9 Å². The highest BCUT2D eigenvalue weighted by atomic mass is 32.1. The maximum atomic E-state index is 13.0. The molecule has 0 atom stereocenters. The monoisotopic (exact) mass is 537 g/mol. The number of halogens is 3. The number of benzene rings is 2. The second-order valence-electron chi connectivity index (χ2n) is 8.64. The Labute approximate surface area is 219 Å². The van der Waals surface area contributed by atoms with Crippen LogP contribution in [0, 0.1) is 0 Å². The molecule has 2 aromatic carbocycles. The van der Waals surface area contributed by atoms with Gasteiger partial charge in [-0.05, 0) is 60.0 Å². The molecule has 1 aliphatic rings. The van der Waals surface area contributed by atoms with Crippen molar-refractivity contribution in [3.05, 3.63) is 77.2 Å². The maximum absolute atomic E-state index is 13.0. The van der Waals surface area contributed by atoms with E-state index in [4.69, 9.17) is 4.74 Å². The number of aromatic nitrogens is 4. The third kappa shape index (κ3) is 5.00. The van der Waals surface area contributed by atoms with Gasteiger partial charge in [-0.15, -0.1) is 0 Å². The Morgan fingerprint density at radius 1 is 0.842 bits per heavy atom. The van der Waals surface area contributed by atoms with E-state index in [0.717, 1.165) is 42.3 Å².